The van der Waals surface area contributed by atoms with Crippen molar-refractivity contribution in [2.24, 2.45) is 5.92 Å². The van der Waals surface area contributed by atoms with Crippen LogP contribution in [-0.2, 0) is 10.2 Å². The summed E-state index contributed by atoms with van der Waals surface area (Å²) in [6.45, 7) is 5.95. The van der Waals surface area contributed by atoms with E-state index < -0.39 is 10.2 Å². The van der Waals surface area contributed by atoms with E-state index in [2.05, 4.69) is 0 Å². The molecule has 6 heteroatoms. The molecule has 0 aromatic carbocycles. The predicted molar refractivity (Wildman–Crippen MR) is 63.2 cm³/mol. The van der Waals surface area contributed by atoms with Gasteiger partial charge in [0.1, 0.15) is 0 Å². The Morgan fingerprint density at radius 1 is 1.25 bits per heavy atom. The van der Waals surface area contributed by atoms with E-state index in [1.54, 1.807) is 0 Å². The van der Waals surface area contributed by atoms with Crippen molar-refractivity contribution in [2.45, 2.75) is 26.7 Å². The van der Waals surface area contributed by atoms with E-state index in [0.29, 0.717) is 26.2 Å². The zero-order valence-electron chi connectivity index (χ0n) is 10.1. The van der Waals surface area contributed by atoms with Crippen molar-refractivity contribution >= 4 is 10.2 Å². The molecule has 1 aliphatic heterocycles. The summed E-state index contributed by atoms with van der Waals surface area (Å²) in [5.74, 6) is 0.267. The van der Waals surface area contributed by atoms with Crippen LogP contribution in [0.15, 0.2) is 0 Å². The maximum atomic E-state index is 12.1. The Kier molecular flexibility index (Phi) is 5.17. The van der Waals surface area contributed by atoms with Gasteiger partial charge in [-0.15, -0.1) is 0 Å². The van der Waals surface area contributed by atoms with Gasteiger partial charge in [0.2, 0.25) is 0 Å². The molecule has 1 fully saturated rings. The van der Waals surface area contributed by atoms with Gasteiger partial charge in [-0.2, -0.15) is 17.0 Å². The first-order valence-electron chi connectivity index (χ1n) is 5.92. The van der Waals surface area contributed by atoms with E-state index >= 15 is 0 Å². The van der Waals surface area contributed by atoms with E-state index in [1.165, 1.54) is 8.61 Å². The van der Waals surface area contributed by atoms with Crippen molar-refractivity contribution in [3.63, 3.8) is 0 Å². The van der Waals surface area contributed by atoms with E-state index in [0.717, 1.165) is 12.8 Å². The Morgan fingerprint density at radius 2 is 1.75 bits per heavy atom. The first kappa shape index (κ1) is 13.9. The third-order valence-corrected chi connectivity index (χ3v) is 5.38. The molecule has 0 bridgehead atoms. The monoisotopic (exact) mass is 250 g/mol. The van der Waals surface area contributed by atoms with Crippen LogP contribution >= 0.6 is 0 Å². The van der Waals surface area contributed by atoms with Gasteiger partial charge in [0, 0.05) is 32.8 Å². The molecule has 0 aromatic rings. The fraction of sp³-hybridized carbons (Fsp3) is 1.00. The van der Waals surface area contributed by atoms with Crippen LogP contribution in [0.25, 0.3) is 0 Å². The van der Waals surface area contributed by atoms with Gasteiger partial charge >= 0.3 is 0 Å². The molecule has 1 rings (SSSR count). The lowest BCUT2D eigenvalue weighted by Crippen LogP contribution is -2.47. The van der Waals surface area contributed by atoms with E-state index in [9.17, 15) is 8.42 Å². The number of nitrogens with zero attached hydrogens (tertiary/aromatic N) is 2. The number of hydrogen-bond acceptors (Lipinski definition) is 3. The number of aliphatic hydroxyl groups excluding tert-OH is 1. The van der Waals surface area contributed by atoms with Gasteiger partial charge in [0.25, 0.3) is 10.2 Å². The second-order valence-electron chi connectivity index (χ2n) is 4.12. The maximum Gasteiger partial charge on any atom is 0.281 e. The Labute approximate surface area is 98.2 Å². The minimum atomic E-state index is -3.27. The Balaban J connectivity index is 2.64. The molecule has 0 saturated carbocycles. The van der Waals surface area contributed by atoms with Crippen molar-refractivity contribution in [1.82, 2.24) is 8.61 Å². The van der Waals surface area contributed by atoms with Gasteiger partial charge in [-0.05, 0) is 18.8 Å². The third-order valence-electron chi connectivity index (χ3n) is 3.19. The number of rotatable bonds is 5. The molecule has 5 nitrogen and oxygen atoms in total. The topological polar surface area (TPSA) is 60.9 Å². The second-order valence-corrected chi connectivity index (χ2v) is 6.05. The largest absolute Gasteiger partial charge is 0.396 e. The number of piperidine rings is 1. The summed E-state index contributed by atoms with van der Waals surface area (Å²) in [5, 5.41) is 9.00. The molecule has 1 heterocycles. The summed E-state index contributed by atoms with van der Waals surface area (Å²) in [6.07, 6.45) is 1.52. The molecule has 0 amide bonds. The highest BCUT2D eigenvalue weighted by Gasteiger charge is 2.31. The van der Waals surface area contributed by atoms with Crippen molar-refractivity contribution < 1.29 is 13.5 Å². The van der Waals surface area contributed by atoms with Crippen LogP contribution in [0.1, 0.15) is 26.7 Å². The molecular formula is C10H22N2O3S. The Bertz CT molecular complexity index is 293. The normalized spacial score (nSPS) is 20.5. The quantitative estimate of drug-likeness (QED) is 0.762. The highest BCUT2D eigenvalue weighted by molar-refractivity contribution is 7.86. The zero-order chi connectivity index (χ0) is 12.2. The van der Waals surface area contributed by atoms with Crippen LogP contribution < -0.4 is 0 Å². The molecule has 96 valence electrons. The lowest BCUT2D eigenvalue weighted by atomic mass is 10.00. The molecular weight excluding hydrogens is 228 g/mol. The van der Waals surface area contributed by atoms with Crippen LogP contribution in [0.3, 0.4) is 0 Å². The van der Waals surface area contributed by atoms with E-state index in [4.69, 9.17) is 5.11 Å². The lowest BCUT2D eigenvalue weighted by Gasteiger charge is -2.33. The summed E-state index contributed by atoms with van der Waals surface area (Å²) in [5.41, 5.74) is 0. The first-order chi connectivity index (χ1) is 7.56. The fourth-order valence-electron chi connectivity index (χ4n) is 2.04. The van der Waals surface area contributed by atoms with E-state index in [1.807, 2.05) is 13.8 Å². The Morgan fingerprint density at radius 3 is 2.12 bits per heavy atom. The van der Waals surface area contributed by atoms with Gasteiger partial charge < -0.3 is 5.11 Å². The van der Waals surface area contributed by atoms with Crippen molar-refractivity contribution in [3.05, 3.63) is 0 Å². The summed E-state index contributed by atoms with van der Waals surface area (Å²) in [4.78, 5) is 0. The summed E-state index contributed by atoms with van der Waals surface area (Å²) < 4.78 is 27.3. The average molecular weight is 250 g/mol. The number of aliphatic hydroxyl groups is 1. The molecule has 0 radical (unpaired) electrons. The molecule has 1 saturated heterocycles. The van der Waals surface area contributed by atoms with Crippen LogP contribution in [0.4, 0.5) is 0 Å². The molecule has 0 aromatic heterocycles. The minimum absolute atomic E-state index is 0.166. The standard InChI is InChI=1S/C10H22N2O3S/c1-3-11(4-2)16(14,15)12-7-5-10(9-13)6-8-12/h10,13H,3-9H2,1-2H3. The van der Waals surface area contributed by atoms with Gasteiger partial charge in [-0.25, -0.2) is 0 Å². The average Bonchev–Trinajstić information content (AvgIpc) is 2.30. The van der Waals surface area contributed by atoms with Gasteiger partial charge in [0.15, 0.2) is 0 Å². The van der Waals surface area contributed by atoms with Crippen LogP contribution in [0.5, 0.6) is 0 Å². The predicted octanol–water partition coefficient (Wildman–Crippen LogP) is 0.277. The number of hydrogen-bond donors (Lipinski definition) is 1. The van der Waals surface area contributed by atoms with Gasteiger partial charge in [0.05, 0.1) is 0 Å². The Hall–Kier alpha value is -0.170. The third kappa shape index (κ3) is 2.94. The summed E-state index contributed by atoms with van der Waals surface area (Å²) in [7, 11) is -3.27. The highest BCUT2D eigenvalue weighted by Crippen LogP contribution is 2.20. The molecule has 0 atom stereocenters. The van der Waals surface area contributed by atoms with Crippen LogP contribution in [-0.4, -0.2) is 54.9 Å². The molecule has 16 heavy (non-hydrogen) atoms. The van der Waals surface area contributed by atoms with Gasteiger partial charge in [-0.1, -0.05) is 13.8 Å². The highest BCUT2D eigenvalue weighted by atomic mass is 32.2. The van der Waals surface area contributed by atoms with Crippen molar-refractivity contribution in [2.75, 3.05) is 32.8 Å². The fourth-order valence-corrected chi connectivity index (χ4v) is 3.69. The minimum Gasteiger partial charge on any atom is -0.396 e. The maximum absolute atomic E-state index is 12.1. The molecule has 1 aliphatic rings. The second kappa shape index (κ2) is 5.95. The molecule has 1 N–H and O–H groups in total. The van der Waals surface area contributed by atoms with E-state index in [-0.39, 0.29) is 12.5 Å². The van der Waals surface area contributed by atoms with Crippen molar-refractivity contribution in [1.29, 1.82) is 0 Å². The SMILES string of the molecule is CCN(CC)S(=O)(=O)N1CCC(CO)CC1. The summed E-state index contributed by atoms with van der Waals surface area (Å²) >= 11 is 0. The molecule has 0 spiro atoms. The molecule has 0 unspecified atom stereocenters. The van der Waals surface area contributed by atoms with Crippen LogP contribution in [0, 0.1) is 5.92 Å². The smallest absolute Gasteiger partial charge is 0.281 e. The lowest BCUT2D eigenvalue weighted by molar-refractivity contribution is 0.166. The molecule has 0 aliphatic carbocycles. The van der Waals surface area contributed by atoms with Crippen LogP contribution in [0.2, 0.25) is 0 Å². The zero-order valence-corrected chi connectivity index (χ0v) is 10.9. The first-order valence-corrected chi connectivity index (χ1v) is 7.32. The van der Waals surface area contributed by atoms with Gasteiger partial charge in [-0.3, -0.25) is 0 Å². The summed E-state index contributed by atoms with van der Waals surface area (Å²) in [6, 6.07) is 0. The van der Waals surface area contributed by atoms with Crippen molar-refractivity contribution in [3.8, 4) is 0 Å².